The highest BCUT2D eigenvalue weighted by atomic mass is 28.4. The Morgan fingerprint density at radius 1 is 0.912 bits per heavy atom. The minimum atomic E-state index is -1.64. The highest BCUT2D eigenvalue weighted by molar-refractivity contribution is 6.84. The molecule has 0 amide bonds. The first-order valence-corrected chi connectivity index (χ1v) is 18.2. The molecule has 0 aliphatic rings. The first-order valence-electron chi connectivity index (χ1n) is 11.7. The number of carbonyl (C=O) groups is 1. The van der Waals surface area contributed by atoms with E-state index in [4.69, 9.17) is 8.85 Å². The highest BCUT2D eigenvalue weighted by Crippen LogP contribution is 2.31. The Bertz CT molecular complexity index is 1160. The van der Waals surface area contributed by atoms with Crippen molar-refractivity contribution in [3.63, 3.8) is 0 Å². The first kappa shape index (κ1) is 25.6. The monoisotopic (exact) mass is 487 g/mol. The summed E-state index contributed by atoms with van der Waals surface area (Å²) in [6.45, 7) is 11.3. The van der Waals surface area contributed by atoms with Gasteiger partial charge in [0.15, 0.2) is 16.6 Å². The van der Waals surface area contributed by atoms with E-state index in [2.05, 4.69) is 38.8 Å². The van der Waals surface area contributed by atoms with E-state index in [1.807, 2.05) is 60.7 Å². The summed E-state index contributed by atoms with van der Waals surface area (Å²) in [5.41, 5.74) is 3.83. The summed E-state index contributed by atoms with van der Waals surface area (Å²) in [5.74, 6) is -0.0511. The van der Waals surface area contributed by atoms with Gasteiger partial charge >= 0.3 is 5.97 Å². The number of rotatable bonds is 9. The van der Waals surface area contributed by atoms with Crippen LogP contribution in [0.15, 0.2) is 72.8 Å². The Morgan fingerprint density at radius 3 is 2.21 bits per heavy atom. The molecule has 34 heavy (non-hydrogen) atoms. The van der Waals surface area contributed by atoms with E-state index in [1.165, 1.54) is 5.56 Å². The van der Waals surface area contributed by atoms with Gasteiger partial charge in [-0.3, -0.25) is 0 Å². The second kappa shape index (κ2) is 11.0. The van der Waals surface area contributed by atoms with Crippen LogP contribution in [0, 0.1) is 11.3 Å². The van der Waals surface area contributed by atoms with E-state index < -0.39 is 22.6 Å². The molecule has 0 saturated heterocycles. The molecule has 4 nitrogen and oxygen atoms in total. The summed E-state index contributed by atoms with van der Waals surface area (Å²) >= 11 is 0. The molecule has 0 aromatic heterocycles. The van der Waals surface area contributed by atoms with Crippen molar-refractivity contribution in [3.05, 3.63) is 89.5 Å². The zero-order chi connectivity index (χ0) is 24.8. The second-order valence-corrected chi connectivity index (χ2v) is 19.2. The van der Waals surface area contributed by atoms with E-state index >= 15 is 0 Å². The van der Waals surface area contributed by atoms with Crippen LogP contribution < -0.4 is 4.74 Å². The van der Waals surface area contributed by atoms with Crippen molar-refractivity contribution < 1.29 is 13.6 Å². The molecule has 0 heterocycles. The lowest BCUT2D eigenvalue weighted by Gasteiger charge is -2.31. The lowest BCUT2D eigenvalue weighted by atomic mass is 10.0. The average molecular weight is 488 g/mol. The molecule has 0 unspecified atom stereocenters. The summed E-state index contributed by atoms with van der Waals surface area (Å²) < 4.78 is 12.2. The normalized spacial score (nSPS) is 11.6. The molecule has 0 aliphatic carbocycles. The topological polar surface area (TPSA) is 59.3 Å². The van der Waals surface area contributed by atoms with Crippen molar-refractivity contribution in [2.45, 2.75) is 51.6 Å². The maximum absolute atomic E-state index is 12.9. The van der Waals surface area contributed by atoms with Crippen molar-refractivity contribution in [1.29, 1.82) is 5.26 Å². The van der Waals surface area contributed by atoms with Gasteiger partial charge in [-0.15, -0.1) is 0 Å². The standard InChI is InChI=1S/C28H33NO3Si2/c1-33(2,3)32-34(4,5)19-9-10-22-13-16-25(17-14-22)28(30)31-27-20-23(21-29)15-18-26(27)24-11-7-6-8-12-24/h6-8,11-18,20H,9-10,19H2,1-5H3. The van der Waals surface area contributed by atoms with E-state index in [9.17, 15) is 10.1 Å². The SMILES string of the molecule is C[Si](C)(C)O[Si](C)(C)CCCc1ccc(C(=O)Oc2cc(C#N)ccc2-c2ccccc2)cc1. The zero-order valence-corrected chi connectivity index (χ0v) is 22.7. The van der Waals surface area contributed by atoms with Crippen molar-refractivity contribution in [2.75, 3.05) is 0 Å². The van der Waals surface area contributed by atoms with Gasteiger partial charge in [-0.25, -0.2) is 4.79 Å². The molecule has 0 N–H and O–H groups in total. The summed E-state index contributed by atoms with van der Waals surface area (Å²) in [6, 6.07) is 25.7. The Balaban J connectivity index is 1.66. The van der Waals surface area contributed by atoms with E-state index in [-0.39, 0.29) is 0 Å². The smallest absolute Gasteiger partial charge is 0.343 e. The predicted octanol–water partition coefficient (Wildman–Crippen LogP) is 7.43. The van der Waals surface area contributed by atoms with E-state index in [1.54, 1.807) is 12.1 Å². The van der Waals surface area contributed by atoms with Gasteiger partial charge < -0.3 is 8.85 Å². The van der Waals surface area contributed by atoms with Crippen LogP contribution in [0.4, 0.5) is 0 Å². The van der Waals surface area contributed by atoms with Gasteiger partial charge in [0, 0.05) is 5.56 Å². The molecular formula is C28H33NO3Si2. The van der Waals surface area contributed by atoms with Gasteiger partial charge in [-0.1, -0.05) is 42.5 Å². The Hall–Kier alpha value is -2.99. The second-order valence-electron chi connectivity index (χ2n) is 10.1. The van der Waals surface area contributed by atoms with Crippen molar-refractivity contribution >= 4 is 22.6 Å². The molecule has 0 radical (unpaired) electrons. The van der Waals surface area contributed by atoms with Gasteiger partial charge in [-0.05, 0) is 93.1 Å². The molecule has 0 aliphatic heterocycles. The number of hydrogen-bond acceptors (Lipinski definition) is 4. The van der Waals surface area contributed by atoms with Gasteiger partial charge in [0.05, 0.1) is 17.2 Å². The summed E-state index contributed by atoms with van der Waals surface area (Å²) in [5, 5.41) is 9.29. The van der Waals surface area contributed by atoms with Gasteiger partial charge in [0.1, 0.15) is 5.75 Å². The maximum atomic E-state index is 12.9. The number of nitrogens with zero attached hydrogens (tertiary/aromatic N) is 1. The number of esters is 1. The number of benzene rings is 3. The van der Waals surface area contributed by atoms with Gasteiger partial charge in [0.2, 0.25) is 0 Å². The third-order valence-corrected chi connectivity index (χ3v) is 11.6. The summed E-state index contributed by atoms with van der Waals surface area (Å²) in [4.78, 5) is 12.9. The van der Waals surface area contributed by atoms with Crippen molar-refractivity contribution in [1.82, 2.24) is 0 Å². The minimum Gasteiger partial charge on any atom is -0.456 e. The van der Waals surface area contributed by atoms with Crippen molar-refractivity contribution in [2.24, 2.45) is 0 Å². The van der Waals surface area contributed by atoms with Crippen molar-refractivity contribution in [3.8, 4) is 22.9 Å². The lowest BCUT2D eigenvalue weighted by Crippen LogP contribution is -2.42. The summed E-state index contributed by atoms with van der Waals surface area (Å²) in [6.07, 6.45) is 2.04. The number of aryl methyl sites for hydroxylation is 1. The fraction of sp³-hybridized carbons (Fsp3) is 0.286. The zero-order valence-electron chi connectivity index (χ0n) is 20.7. The number of hydrogen-bond donors (Lipinski definition) is 0. The van der Waals surface area contributed by atoms with Crippen LogP contribution in [-0.2, 0) is 10.5 Å². The maximum Gasteiger partial charge on any atom is 0.343 e. The predicted molar refractivity (Wildman–Crippen MR) is 143 cm³/mol. The molecule has 0 spiro atoms. The quantitative estimate of drug-likeness (QED) is 0.179. The van der Waals surface area contributed by atoms with Crippen LogP contribution in [0.1, 0.15) is 27.9 Å². The molecule has 3 aromatic rings. The van der Waals surface area contributed by atoms with Gasteiger partial charge in [-0.2, -0.15) is 5.26 Å². The highest BCUT2D eigenvalue weighted by Gasteiger charge is 2.28. The molecule has 0 atom stereocenters. The fourth-order valence-electron chi connectivity index (χ4n) is 4.10. The average Bonchev–Trinajstić information content (AvgIpc) is 2.78. The van der Waals surface area contributed by atoms with Crippen LogP contribution in [0.3, 0.4) is 0 Å². The van der Waals surface area contributed by atoms with Crippen LogP contribution >= 0.6 is 0 Å². The third-order valence-electron chi connectivity index (χ3n) is 5.41. The van der Waals surface area contributed by atoms with Crippen LogP contribution in [0.25, 0.3) is 11.1 Å². The Kier molecular flexibility index (Phi) is 8.26. The Morgan fingerprint density at radius 2 is 1.59 bits per heavy atom. The number of ether oxygens (including phenoxy) is 1. The molecule has 0 fully saturated rings. The third kappa shape index (κ3) is 7.52. The van der Waals surface area contributed by atoms with Crippen LogP contribution in [0.2, 0.25) is 38.8 Å². The Labute approximate surface area is 205 Å². The van der Waals surface area contributed by atoms with Crippen LogP contribution in [-0.4, -0.2) is 22.6 Å². The fourth-order valence-corrected chi connectivity index (χ4v) is 12.2. The molecule has 0 saturated carbocycles. The number of nitriles is 1. The van der Waals surface area contributed by atoms with E-state index in [0.717, 1.165) is 30.0 Å². The molecule has 3 aromatic carbocycles. The number of carbonyl (C=O) groups excluding carboxylic acids is 1. The lowest BCUT2D eigenvalue weighted by molar-refractivity contribution is 0.0735. The molecule has 0 bridgehead atoms. The largest absolute Gasteiger partial charge is 0.456 e. The first-order chi connectivity index (χ1) is 16.1. The van der Waals surface area contributed by atoms with Crippen LogP contribution in [0.5, 0.6) is 5.75 Å². The minimum absolute atomic E-state index is 0.383. The summed E-state index contributed by atoms with van der Waals surface area (Å²) in [7, 11) is -3.16. The molecular weight excluding hydrogens is 454 g/mol. The van der Waals surface area contributed by atoms with Gasteiger partial charge in [0.25, 0.3) is 0 Å². The molecule has 6 heteroatoms. The molecule has 176 valence electrons. The van der Waals surface area contributed by atoms with E-state index in [0.29, 0.717) is 16.9 Å². The molecule has 3 rings (SSSR count).